The Balaban J connectivity index is 4.92. The molecule has 0 spiro atoms. The molecule has 2 atom stereocenters. The van der Waals surface area contributed by atoms with Crippen molar-refractivity contribution < 1.29 is 24.2 Å². The molecular weight excluding hydrogens is 236 g/mol. The van der Waals surface area contributed by atoms with Gasteiger partial charge in [-0.1, -0.05) is 0 Å². The van der Waals surface area contributed by atoms with Crippen LogP contribution in [0.3, 0.4) is 0 Å². The van der Waals surface area contributed by atoms with Gasteiger partial charge < -0.3 is 14.6 Å². The van der Waals surface area contributed by atoms with Crippen LogP contribution in [0.15, 0.2) is 0 Å². The molecule has 0 aromatic heterocycles. The molecule has 0 bridgehead atoms. The molecule has 106 valence electrons. The zero-order chi connectivity index (χ0) is 14.6. The zero-order valence-electron chi connectivity index (χ0n) is 12.1. The topological polar surface area (TPSA) is 72.8 Å². The Morgan fingerprint density at radius 3 is 2.00 bits per heavy atom. The van der Waals surface area contributed by atoms with Crippen LogP contribution < -0.4 is 0 Å². The summed E-state index contributed by atoms with van der Waals surface area (Å²) in [7, 11) is 1.44. The Labute approximate surface area is 108 Å². The van der Waals surface area contributed by atoms with Gasteiger partial charge in [0, 0.05) is 7.11 Å². The minimum absolute atomic E-state index is 0.0113. The van der Waals surface area contributed by atoms with Crippen LogP contribution in [0.4, 0.5) is 0 Å². The molecule has 0 aliphatic heterocycles. The van der Waals surface area contributed by atoms with E-state index in [2.05, 4.69) is 0 Å². The van der Waals surface area contributed by atoms with Gasteiger partial charge in [0.05, 0.1) is 18.1 Å². The van der Waals surface area contributed by atoms with E-state index < -0.39 is 22.9 Å². The summed E-state index contributed by atoms with van der Waals surface area (Å²) in [5.41, 5.74) is -1.84. The third-order valence-electron chi connectivity index (χ3n) is 2.98. The van der Waals surface area contributed by atoms with E-state index in [1.807, 2.05) is 0 Å². The maximum Gasteiger partial charge on any atom is 0.311 e. The van der Waals surface area contributed by atoms with Crippen LogP contribution in [0.5, 0.6) is 0 Å². The van der Waals surface area contributed by atoms with E-state index in [-0.39, 0.29) is 19.0 Å². The highest BCUT2D eigenvalue weighted by Gasteiger charge is 2.42. The number of hydrogen-bond acceptors (Lipinski definition) is 5. The van der Waals surface area contributed by atoms with E-state index in [0.717, 1.165) is 0 Å². The van der Waals surface area contributed by atoms with Gasteiger partial charge in [0.25, 0.3) is 0 Å². The summed E-state index contributed by atoms with van der Waals surface area (Å²) >= 11 is 0. The first-order chi connectivity index (χ1) is 8.08. The number of aliphatic hydroxyl groups is 1. The van der Waals surface area contributed by atoms with Gasteiger partial charge >= 0.3 is 5.97 Å². The fraction of sp³-hybridized carbons (Fsp3) is 0.846. The SMILES string of the molecule is COCC(COC(=O)C(C)(C)C)(C(C)=O)C(C)O. The highest BCUT2D eigenvalue weighted by Crippen LogP contribution is 2.26. The van der Waals surface area contributed by atoms with Crippen LogP contribution >= 0.6 is 0 Å². The first kappa shape index (κ1) is 17.1. The molecular formula is C13H24O5. The maximum absolute atomic E-state index is 11.7. The third kappa shape index (κ3) is 4.07. The van der Waals surface area contributed by atoms with Gasteiger partial charge in [-0.25, -0.2) is 0 Å². The van der Waals surface area contributed by atoms with E-state index >= 15 is 0 Å². The largest absolute Gasteiger partial charge is 0.464 e. The average molecular weight is 260 g/mol. The van der Waals surface area contributed by atoms with E-state index in [9.17, 15) is 14.7 Å². The van der Waals surface area contributed by atoms with Crippen molar-refractivity contribution in [2.45, 2.75) is 40.7 Å². The van der Waals surface area contributed by atoms with Crippen molar-refractivity contribution in [3.05, 3.63) is 0 Å². The Morgan fingerprint density at radius 2 is 1.72 bits per heavy atom. The van der Waals surface area contributed by atoms with Crippen molar-refractivity contribution in [2.75, 3.05) is 20.3 Å². The minimum Gasteiger partial charge on any atom is -0.464 e. The first-order valence-electron chi connectivity index (χ1n) is 5.93. The molecule has 2 unspecified atom stereocenters. The fourth-order valence-corrected chi connectivity index (χ4v) is 1.45. The number of carbonyl (C=O) groups is 2. The van der Waals surface area contributed by atoms with Crippen molar-refractivity contribution in [3.8, 4) is 0 Å². The maximum atomic E-state index is 11.7. The van der Waals surface area contributed by atoms with Crippen LogP contribution in [0.1, 0.15) is 34.6 Å². The molecule has 0 aliphatic carbocycles. The molecule has 0 aromatic rings. The molecule has 0 saturated carbocycles. The van der Waals surface area contributed by atoms with Gasteiger partial charge in [0.2, 0.25) is 0 Å². The van der Waals surface area contributed by atoms with Crippen molar-refractivity contribution in [1.82, 2.24) is 0 Å². The smallest absolute Gasteiger partial charge is 0.311 e. The van der Waals surface area contributed by atoms with Crippen LogP contribution in [0.25, 0.3) is 0 Å². The number of ketones is 1. The third-order valence-corrected chi connectivity index (χ3v) is 2.98. The molecule has 0 saturated heterocycles. The predicted molar refractivity (Wildman–Crippen MR) is 67.1 cm³/mol. The second-order valence-corrected chi connectivity index (χ2v) is 5.65. The van der Waals surface area contributed by atoms with Gasteiger partial charge in [-0.05, 0) is 34.6 Å². The fourth-order valence-electron chi connectivity index (χ4n) is 1.45. The Hall–Kier alpha value is -0.940. The Kier molecular flexibility index (Phi) is 5.96. The van der Waals surface area contributed by atoms with Crippen molar-refractivity contribution in [1.29, 1.82) is 0 Å². The minimum atomic E-state index is -1.20. The summed E-state index contributed by atoms with van der Waals surface area (Å²) in [5, 5.41) is 9.79. The summed E-state index contributed by atoms with van der Waals surface area (Å²) in [6.07, 6.45) is -0.956. The second kappa shape index (κ2) is 6.29. The van der Waals surface area contributed by atoms with E-state index in [1.165, 1.54) is 21.0 Å². The highest BCUT2D eigenvalue weighted by atomic mass is 16.5. The van der Waals surface area contributed by atoms with Gasteiger partial charge in [-0.2, -0.15) is 0 Å². The highest BCUT2D eigenvalue weighted by molar-refractivity contribution is 5.84. The van der Waals surface area contributed by atoms with Crippen LogP contribution in [-0.2, 0) is 19.1 Å². The van der Waals surface area contributed by atoms with Crippen LogP contribution in [0, 0.1) is 10.8 Å². The molecule has 0 aromatic carbocycles. The van der Waals surface area contributed by atoms with Gasteiger partial charge in [0.15, 0.2) is 0 Å². The molecule has 18 heavy (non-hydrogen) atoms. The lowest BCUT2D eigenvalue weighted by atomic mass is 9.80. The number of hydrogen-bond donors (Lipinski definition) is 1. The van der Waals surface area contributed by atoms with Gasteiger partial charge in [0.1, 0.15) is 17.8 Å². The molecule has 0 amide bonds. The zero-order valence-corrected chi connectivity index (χ0v) is 12.1. The Bertz CT molecular complexity index is 303. The van der Waals surface area contributed by atoms with Crippen molar-refractivity contribution in [3.63, 3.8) is 0 Å². The standard InChI is InChI=1S/C13H24O5/c1-9(14)13(7-17-6,10(2)15)8-18-11(16)12(3,4)5/h9,14H,7-8H2,1-6H3. The number of ether oxygens (including phenoxy) is 2. The lowest BCUT2D eigenvalue weighted by molar-refractivity contribution is -0.165. The van der Waals surface area contributed by atoms with Crippen molar-refractivity contribution in [2.24, 2.45) is 10.8 Å². The number of rotatable bonds is 6. The molecule has 1 N–H and O–H groups in total. The number of carbonyl (C=O) groups excluding carboxylic acids is 2. The quantitative estimate of drug-likeness (QED) is 0.726. The molecule has 5 nitrogen and oxygen atoms in total. The molecule has 0 fully saturated rings. The number of methoxy groups -OCH3 is 1. The van der Waals surface area contributed by atoms with E-state index in [0.29, 0.717) is 0 Å². The van der Waals surface area contributed by atoms with Crippen molar-refractivity contribution >= 4 is 11.8 Å². The van der Waals surface area contributed by atoms with Gasteiger partial charge in [-0.15, -0.1) is 0 Å². The predicted octanol–water partition coefficient (Wildman–Crippen LogP) is 1.18. The Morgan fingerprint density at radius 1 is 1.22 bits per heavy atom. The summed E-state index contributed by atoms with van der Waals surface area (Å²) < 4.78 is 10.1. The normalized spacial score (nSPS) is 16.8. The molecule has 0 rings (SSSR count). The summed E-state index contributed by atoms with van der Waals surface area (Å²) in [6, 6.07) is 0. The van der Waals surface area contributed by atoms with Crippen LogP contribution in [-0.4, -0.2) is 43.3 Å². The lowest BCUT2D eigenvalue weighted by Gasteiger charge is -2.33. The molecule has 0 aliphatic rings. The van der Waals surface area contributed by atoms with Crippen LogP contribution in [0.2, 0.25) is 0 Å². The summed E-state index contributed by atoms with van der Waals surface area (Å²) in [5.74, 6) is -0.675. The monoisotopic (exact) mass is 260 g/mol. The molecule has 5 heteroatoms. The molecule has 0 radical (unpaired) electrons. The average Bonchev–Trinajstić information content (AvgIpc) is 2.21. The van der Waals surface area contributed by atoms with Gasteiger partial charge in [-0.3, -0.25) is 9.59 Å². The second-order valence-electron chi connectivity index (χ2n) is 5.65. The molecule has 0 heterocycles. The first-order valence-corrected chi connectivity index (χ1v) is 5.93. The summed E-state index contributed by atoms with van der Waals surface area (Å²) in [4.78, 5) is 23.4. The number of Topliss-reactive ketones (excluding diaryl/α,β-unsaturated/α-hetero) is 1. The van der Waals surface area contributed by atoms with E-state index in [1.54, 1.807) is 20.8 Å². The number of aliphatic hydroxyl groups excluding tert-OH is 1. The van der Waals surface area contributed by atoms with E-state index in [4.69, 9.17) is 9.47 Å². The lowest BCUT2D eigenvalue weighted by Crippen LogP contribution is -2.48. The summed E-state index contributed by atoms with van der Waals surface area (Å²) in [6.45, 7) is 7.86. The number of esters is 1.